The predicted molar refractivity (Wildman–Crippen MR) is 80.5 cm³/mol. The molecule has 1 amide bonds. The fourth-order valence-corrected chi connectivity index (χ4v) is 4.81. The van der Waals surface area contributed by atoms with Crippen LogP contribution >= 0.6 is 23.5 Å². The van der Waals surface area contributed by atoms with Gasteiger partial charge in [0.25, 0.3) is 0 Å². The third-order valence-corrected chi connectivity index (χ3v) is 6.06. The molecular weight excluding hydrogens is 266 g/mol. The summed E-state index contributed by atoms with van der Waals surface area (Å²) in [6.45, 7) is 5.50. The van der Waals surface area contributed by atoms with Gasteiger partial charge in [-0.15, -0.1) is 0 Å². The quantitative estimate of drug-likeness (QED) is 0.777. The first-order valence-corrected chi connectivity index (χ1v) is 8.94. The zero-order chi connectivity index (χ0) is 12.6. The molecule has 2 heterocycles. The summed E-state index contributed by atoms with van der Waals surface area (Å²) in [4.78, 5) is 14.1. The molecule has 0 aromatic carbocycles. The minimum absolute atomic E-state index is 0.188. The second kappa shape index (κ2) is 8.30. The van der Waals surface area contributed by atoms with Crippen LogP contribution in [0.25, 0.3) is 0 Å². The van der Waals surface area contributed by atoms with Gasteiger partial charge in [-0.1, -0.05) is 0 Å². The maximum atomic E-state index is 11.9. The highest BCUT2D eigenvalue weighted by Gasteiger charge is 2.16. The second-order valence-corrected chi connectivity index (χ2v) is 7.31. The van der Waals surface area contributed by atoms with Crippen LogP contribution in [0.15, 0.2) is 0 Å². The van der Waals surface area contributed by atoms with Crippen molar-refractivity contribution in [2.75, 3.05) is 56.5 Å². The molecule has 0 aromatic heterocycles. The van der Waals surface area contributed by atoms with Gasteiger partial charge in [0.05, 0.1) is 6.54 Å². The van der Waals surface area contributed by atoms with Gasteiger partial charge >= 0.3 is 0 Å². The fourth-order valence-electron chi connectivity index (χ4n) is 2.20. The van der Waals surface area contributed by atoms with Gasteiger partial charge in [-0.05, 0) is 19.5 Å². The van der Waals surface area contributed by atoms with Crippen LogP contribution in [0.4, 0.5) is 0 Å². The number of nitrogens with one attached hydrogen (secondary N) is 2. The van der Waals surface area contributed by atoms with Gasteiger partial charge in [0, 0.05) is 42.1 Å². The van der Waals surface area contributed by atoms with Crippen LogP contribution in [0, 0.1) is 0 Å². The molecule has 6 heteroatoms. The summed E-state index contributed by atoms with van der Waals surface area (Å²) < 4.78 is 0. The molecule has 2 N–H and O–H groups in total. The Kier molecular flexibility index (Phi) is 6.68. The standard InChI is InChI=1S/C12H23N3OS2/c16-12(9-15-4-1-2-13-3-5-15)14-8-11-10-17-6-7-18-11/h11,13H,1-10H2,(H,14,16). The molecule has 18 heavy (non-hydrogen) atoms. The molecule has 2 rings (SSSR count). The maximum Gasteiger partial charge on any atom is 0.234 e. The molecule has 1 unspecified atom stereocenters. The fraction of sp³-hybridized carbons (Fsp3) is 0.917. The van der Waals surface area contributed by atoms with E-state index in [1.807, 2.05) is 23.5 Å². The normalized spacial score (nSPS) is 26.6. The third kappa shape index (κ3) is 5.38. The highest BCUT2D eigenvalue weighted by molar-refractivity contribution is 8.06. The summed E-state index contributed by atoms with van der Waals surface area (Å²) in [5.74, 6) is 3.85. The monoisotopic (exact) mass is 289 g/mol. The van der Waals surface area contributed by atoms with E-state index >= 15 is 0 Å². The lowest BCUT2D eigenvalue weighted by atomic mass is 10.3. The Morgan fingerprint density at radius 1 is 1.33 bits per heavy atom. The minimum atomic E-state index is 0.188. The van der Waals surface area contributed by atoms with E-state index in [0.717, 1.165) is 39.1 Å². The highest BCUT2D eigenvalue weighted by Crippen LogP contribution is 2.23. The predicted octanol–water partition coefficient (Wildman–Crippen LogP) is 0.247. The molecule has 0 aliphatic carbocycles. The lowest BCUT2D eigenvalue weighted by Crippen LogP contribution is -2.41. The summed E-state index contributed by atoms with van der Waals surface area (Å²) >= 11 is 4.00. The Morgan fingerprint density at radius 2 is 2.28 bits per heavy atom. The Balaban J connectivity index is 1.61. The molecule has 2 fully saturated rings. The van der Waals surface area contributed by atoms with Crippen molar-refractivity contribution in [2.45, 2.75) is 11.7 Å². The van der Waals surface area contributed by atoms with Crippen molar-refractivity contribution in [2.24, 2.45) is 0 Å². The summed E-state index contributed by atoms with van der Waals surface area (Å²) in [5.41, 5.74) is 0. The van der Waals surface area contributed by atoms with Crippen molar-refractivity contribution in [1.82, 2.24) is 15.5 Å². The van der Waals surface area contributed by atoms with Gasteiger partial charge in [-0.25, -0.2) is 0 Å². The molecule has 0 aromatic rings. The van der Waals surface area contributed by atoms with E-state index in [-0.39, 0.29) is 5.91 Å². The highest BCUT2D eigenvalue weighted by atomic mass is 32.2. The minimum Gasteiger partial charge on any atom is -0.354 e. The van der Waals surface area contributed by atoms with E-state index < -0.39 is 0 Å². The van der Waals surface area contributed by atoms with Crippen molar-refractivity contribution in [3.8, 4) is 0 Å². The largest absolute Gasteiger partial charge is 0.354 e. The SMILES string of the molecule is O=C(CN1CCCNCC1)NCC1CSCCS1. The first-order valence-electron chi connectivity index (χ1n) is 6.74. The van der Waals surface area contributed by atoms with Crippen LogP contribution < -0.4 is 10.6 Å². The van der Waals surface area contributed by atoms with E-state index in [4.69, 9.17) is 0 Å². The molecule has 4 nitrogen and oxygen atoms in total. The third-order valence-electron chi connectivity index (χ3n) is 3.21. The van der Waals surface area contributed by atoms with Gasteiger partial charge < -0.3 is 10.6 Å². The summed E-state index contributed by atoms with van der Waals surface area (Å²) in [6, 6.07) is 0. The molecular formula is C12H23N3OS2. The average Bonchev–Trinajstić information content (AvgIpc) is 2.66. The van der Waals surface area contributed by atoms with Crippen LogP contribution in [-0.4, -0.2) is 72.6 Å². The van der Waals surface area contributed by atoms with Crippen LogP contribution in [-0.2, 0) is 4.79 Å². The smallest absolute Gasteiger partial charge is 0.234 e. The molecule has 2 aliphatic heterocycles. The topological polar surface area (TPSA) is 44.4 Å². The van der Waals surface area contributed by atoms with E-state index in [0.29, 0.717) is 11.8 Å². The molecule has 1 atom stereocenters. The van der Waals surface area contributed by atoms with Crippen molar-refractivity contribution >= 4 is 29.4 Å². The number of carbonyl (C=O) groups is 1. The summed E-state index contributed by atoms with van der Waals surface area (Å²) in [7, 11) is 0. The number of amides is 1. The Bertz CT molecular complexity index is 252. The number of hydrogen-bond donors (Lipinski definition) is 2. The van der Waals surface area contributed by atoms with Crippen LogP contribution in [0.2, 0.25) is 0 Å². The van der Waals surface area contributed by atoms with E-state index in [2.05, 4.69) is 15.5 Å². The van der Waals surface area contributed by atoms with Crippen molar-refractivity contribution in [1.29, 1.82) is 0 Å². The molecule has 0 radical (unpaired) electrons. The van der Waals surface area contributed by atoms with E-state index in [9.17, 15) is 4.79 Å². The maximum absolute atomic E-state index is 11.9. The summed E-state index contributed by atoms with van der Waals surface area (Å²) in [6.07, 6.45) is 1.14. The zero-order valence-corrected chi connectivity index (χ0v) is 12.5. The number of carbonyl (C=O) groups excluding carboxylic acids is 1. The van der Waals surface area contributed by atoms with Gasteiger partial charge in [0.1, 0.15) is 0 Å². The molecule has 2 aliphatic rings. The Labute approximate surface area is 118 Å². The number of thioether (sulfide) groups is 2. The Hall–Kier alpha value is 0.0900. The average molecular weight is 289 g/mol. The lowest BCUT2D eigenvalue weighted by Gasteiger charge is -2.23. The summed E-state index contributed by atoms with van der Waals surface area (Å²) in [5, 5.41) is 7.05. The molecule has 2 saturated heterocycles. The zero-order valence-electron chi connectivity index (χ0n) is 10.8. The van der Waals surface area contributed by atoms with Crippen molar-refractivity contribution in [3.63, 3.8) is 0 Å². The molecule has 104 valence electrons. The van der Waals surface area contributed by atoms with Crippen molar-refractivity contribution < 1.29 is 4.79 Å². The van der Waals surface area contributed by atoms with Gasteiger partial charge in [0.15, 0.2) is 0 Å². The van der Waals surface area contributed by atoms with E-state index in [1.165, 1.54) is 17.3 Å². The Morgan fingerprint density at radius 3 is 3.11 bits per heavy atom. The number of hydrogen-bond acceptors (Lipinski definition) is 5. The first-order chi connectivity index (χ1) is 8.84. The first kappa shape index (κ1) is 14.5. The molecule has 0 saturated carbocycles. The molecule has 0 spiro atoms. The lowest BCUT2D eigenvalue weighted by molar-refractivity contribution is -0.122. The van der Waals surface area contributed by atoms with Gasteiger partial charge in [0.2, 0.25) is 5.91 Å². The number of nitrogens with zero attached hydrogens (tertiary/aromatic N) is 1. The van der Waals surface area contributed by atoms with Gasteiger partial charge in [-0.3, -0.25) is 9.69 Å². The van der Waals surface area contributed by atoms with Crippen LogP contribution in [0.3, 0.4) is 0 Å². The second-order valence-electron chi connectivity index (χ2n) is 4.75. The van der Waals surface area contributed by atoms with Crippen LogP contribution in [0.5, 0.6) is 0 Å². The van der Waals surface area contributed by atoms with Crippen molar-refractivity contribution in [3.05, 3.63) is 0 Å². The van der Waals surface area contributed by atoms with E-state index in [1.54, 1.807) is 0 Å². The van der Waals surface area contributed by atoms with Crippen LogP contribution in [0.1, 0.15) is 6.42 Å². The van der Waals surface area contributed by atoms with Gasteiger partial charge in [-0.2, -0.15) is 23.5 Å². The molecule has 0 bridgehead atoms. The number of rotatable bonds is 4.